The van der Waals surface area contributed by atoms with Crippen LogP contribution in [0.4, 0.5) is 4.79 Å². The van der Waals surface area contributed by atoms with Crippen molar-refractivity contribution in [2.45, 2.75) is 6.16 Å². The van der Waals surface area contributed by atoms with Crippen molar-refractivity contribution < 1.29 is 9.53 Å². The van der Waals surface area contributed by atoms with Crippen LogP contribution in [0.1, 0.15) is 5.56 Å². The van der Waals surface area contributed by atoms with E-state index in [9.17, 15) is 4.79 Å². The highest BCUT2D eigenvalue weighted by Gasteiger charge is 2.27. The van der Waals surface area contributed by atoms with Gasteiger partial charge in [-0.1, -0.05) is 91.0 Å². The monoisotopic (exact) mass is 349 g/mol. The van der Waals surface area contributed by atoms with Crippen molar-refractivity contribution in [3.05, 3.63) is 96.6 Å². The van der Waals surface area contributed by atoms with E-state index in [1.54, 1.807) is 0 Å². The molecule has 3 nitrogen and oxygen atoms in total. The summed E-state index contributed by atoms with van der Waals surface area (Å²) in [5, 5.41) is 2.13. The standard InChI is InChI=1S/C21H20NO2P/c1-24-21(23)22-25(19-13-7-3-8-14-19,20-15-9-4-10-16-20)17-18-11-5-2-6-12-18/h2-16H,17H2,1H3. The second-order valence-electron chi connectivity index (χ2n) is 5.65. The maximum Gasteiger partial charge on any atom is 0.432 e. The molecule has 0 spiro atoms. The average Bonchev–Trinajstić information content (AvgIpc) is 2.69. The lowest BCUT2D eigenvalue weighted by molar-refractivity contribution is 0.183. The minimum absolute atomic E-state index is 0.531. The Balaban J connectivity index is 2.28. The van der Waals surface area contributed by atoms with Gasteiger partial charge in [0.05, 0.1) is 7.11 Å². The van der Waals surface area contributed by atoms with Gasteiger partial charge in [0.2, 0.25) is 0 Å². The van der Waals surface area contributed by atoms with Gasteiger partial charge < -0.3 is 4.74 Å². The highest BCUT2D eigenvalue weighted by molar-refractivity contribution is 7.80. The third-order valence-electron chi connectivity index (χ3n) is 4.05. The molecule has 3 aromatic rings. The molecule has 0 saturated heterocycles. The smallest absolute Gasteiger partial charge is 0.432 e. The lowest BCUT2D eigenvalue weighted by Crippen LogP contribution is -2.19. The molecule has 4 heteroatoms. The molecule has 0 aromatic heterocycles. The minimum atomic E-state index is -2.34. The van der Waals surface area contributed by atoms with Crippen LogP contribution in [0.2, 0.25) is 0 Å². The minimum Gasteiger partial charge on any atom is -0.451 e. The molecule has 0 saturated carbocycles. The number of ether oxygens (including phenoxy) is 1. The van der Waals surface area contributed by atoms with Gasteiger partial charge in [-0.25, -0.2) is 4.79 Å². The zero-order chi connectivity index (χ0) is 17.5. The Kier molecular flexibility index (Phi) is 5.47. The first-order valence-electron chi connectivity index (χ1n) is 8.09. The van der Waals surface area contributed by atoms with Crippen LogP contribution in [0.25, 0.3) is 0 Å². The zero-order valence-corrected chi connectivity index (χ0v) is 15.0. The zero-order valence-electron chi connectivity index (χ0n) is 14.1. The van der Waals surface area contributed by atoms with Crippen molar-refractivity contribution in [1.29, 1.82) is 0 Å². The fourth-order valence-corrected chi connectivity index (χ4v) is 6.25. The molecule has 0 N–H and O–H groups in total. The summed E-state index contributed by atoms with van der Waals surface area (Å²) in [5.41, 5.74) is 1.15. The predicted octanol–water partition coefficient (Wildman–Crippen LogP) is 4.81. The molecule has 0 fully saturated rings. The number of amides is 1. The number of methoxy groups -OCH3 is 1. The summed E-state index contributed by atoms with van der Waals surface area (Å²) >= 11 is 0. The molecule has 3 rings (SSSR count). The van der Waals surface area contributed by atoms with Gasteiger partial charge in [-0.15, -0.1) is 0 Å². The van der Waals surface area contributed by atoms with Crippen molar-refractivity contribution in [1.82, 2.24) is 0 Å². The summed E-state index contributed by atoms with van der Waals surface area (Å²) in [4.78, 5) is 12.2. The summed E-state index contributed by atoms with van der Waals surface area (Å²) in [6, 6.07) is 30.3. The maximum atomic E-state index is 12.2. The largest absolute Gasteiger partial charge is 0.451 e. The summed E-state index contributed by atoms with van der Waals surface area (Å²) in [5.74, 6) is 0. The topological polar surface area (TPSA) is 38.7 Å². The summed E-state index contributed by atoms with van der Waals surface area (Å²) < 4.78 is 9.52. The summed E-state index contributed by atoms with van der Waals surface area (Å²) in [6.07, 6.45) is 0.147. The molecule has 3 aromatic carbocycles. The first kappa shape index (κ1) is 17.2. The van der Waals surface area contributed by atoms with Crippen molar-refractivity contribution in [3.8, 4) is 0 Å². The average molecular weight is 349 g/mol. The van der Waals surface area contributed by atoms with E-state index in [1.165, 1.54) is 7.11 Å². The van der Waals surface area contributed by atoms with E-state index < -0.39 is 13.1 Å². The van der Waals surface area contributed by atoms with Crippen LogP contribution in [0, 0.1) is 0 Å². The fraction of sp³-hybridized carbons (Fsp3) is 0.0952. The molecular formula is C21H20NO2P. The molecule has 0 aliphatic heterocycles. The Hall–Kier alpha value is -2.64. The predicted molar refractivity (Wildman–Crippen MR) is 104 cm³/mol. The van der Waals surface area contributed by atoms with Gasteiger partial charge in [0.1, 0.15) is 0 Å². The van der Waals surface area contributed by atoms with Crippen molar-refractivity contribution in [2.75, 3.05) is 7.11 Å². The normalized spacial score (nSPS) is 10.9. The molecule has 0 atom stereocenters. The van der Waals surface area contributed by atoms with E-state index >= 15 is 0 Å². The molecule has 0 unspecified atom stereocenters. The first-order chi connectivity index (χ1) is 12.2. The molecule has 1 amide bonds. The lowest BCUT2D eigenvalue weighted by Gasteiger charge is -2.25. The number of carbonyl (C=O) groups is 1. The van der Waals surface area contributed by atoms with Crippen LogP contribution in [0.15, 0.2) is 95.7 Å². The Morgan fingerprint density at radius 2 is 1.24 bits per heavy atom. The highest BCUT2D eigenvalue weighted by Crippen LogP contribution is 2.50. The van der Waals surface area contributed by atoms with Gasteiger partial charge >= 0.3 is 6.09 Å². The van der Waals surface area contributed by atoms with Gasteiger partial charge in [0.25, 0.3) is 0 Å². The number of hydrogen-bond acceptors (Lipinski definition) is 2. The summed E-state index contributed by atoms with van der Waals surface area (Å²) in [7, 11) is -0.971. The Labute approximate surface area is 148 Å². The van der Waals surface area contributed by atoms with E-state index in [2.05, 4.69) is 41.1 Å². The molecule has 0 radical (unpaired) electrons. The number of rotatable bonds is 4. The van der Waals surface area contributed by atoms with Crippen molar-refractivity contribution in [2.24, 2.45) is 4.74 Å². The second kappa shape index (κ2) is 7.96. The Morgan fingerprint density at radius 3 is 1.68 bits per heavy atom. The third kappa shape index (κ3) is 3.89. The fourth-order valence-electron chi connectivity index (χ4n) is 2.86. The van der Waals surface area contributed by atoms with Crippen LogP contribution in [-0.4, -0.2) is 13.2 Å². The first-order valence-corrected chi connectivity index (χ1v) is 10.0. The van der Waals surface area contributed by atoms with Gasteiger partial charge in [-0.3, -0.25) is 0 Å². The van der Waals surface area contributed by atoms with E-state index in [1.807, 2.05) is 54.6 Å². The van der Waals surface area contributed by atoms with Crippen molar-refractivity contribution in [3.63, 3.8) is 0 Å². The summed E-state index contributed by atoms with van der Waals surface area (Å²) in [6.45, 7) is 0. The molecule has 0 bridgehead atoms. The molecule has 0 aliphatic rings. The number of benzene rings is 3. The van der Waals surface area contributed by atoms with Crippen LogP contribution in [0.5, 0.6) is 0 Å². The molecule has 0 heterocycles. The number of carbonyl (C=O) groups excluding carboxylic acids is 1. The molecule has 126 valence electrons. The van der Waals surface area contributed by atoms with Crippen LogP contribution < -0.4 is 10.6 Å². The van der Waals surface area contributed by atoms with Crippen LogP contribution >= 0.6 is 7.05 Å². The number of nitrogens with zero attached hydrogens (tertiary/aromatic N) is 1. The molecular weight excluding hydrogens is 329 g/mol. The van der Waals surface area contributed by atoms with Gasteiger partial charge in [-0.05, 0) is 16.2 Å². The maximum absolute atomic E-state index is 12.2. The molecule has 25 heavy (non-hydrogen) atoms. The number of hydrogen-bond donors (Lipinski definition) is 0. The quantitative estimate of drug-likeness (QED) is 0.634. The molecule has 0 aliphatic carbocycles. The lowest BCUT2D eigenvalue weighted by atomic mass is 10.2. The van der Waals surface area contributed by atoms with Crippen LogP contribution in [0.3, 0.4) is 0 Å². The van der Waals surface area contributed by atoms with E-state index in [4.69, 9.17) is 4.74 Å². The second-order valence-corrected chi connectivity index (χ2v) is 8.74. The Morgan fingerprint density at radius 1 is 0.800 bits per heavy atom. The van der Waals surface area contributed by atoms with E-state index in [0.717, 1.165) is 16.2 Å². The van der Waals surface area contributed by atoms with Crippen molar-refractivity contribution >= 4 is 23.8 Å². The Bertz CT molecular complexity index is 834. The third-order valence-corrected chi connectivity index (χ3v) is 7.68. The van der Waals surface area contributed by atoms with Gasteiger partial charge in [0.15, 0.2) is 0 Å². The highest BCUT2D eigenvalue weighted by atomic mass is 31.2. The SMILES string of the molecule is COC(=O)N=P(Cc1ccccc1)(c1ccccc1)c1ccccc1. The van der Waals surface area contributed by atoms with E-state index in [-0.39, 0.29) is 0 Å². The van der Waals surface area contributed by atoms with E-state index in [0.29, 0.717) is 6.16 Å². The van der Waals surface area contributed by atoms with Gasteiger partial charge in [-0.2, -0.15) is 4.74 Å². The van der Waals surface area contributed by atoms with Crippen LogP contribution in [-0.2, 0) is 10.9 Å². The van der Waals surface area contributed by atoms with Gasteiger partial charge in [0, 0.05) is 13.2 Å².